The fourth-order valence-electron chi connectivity index (χ4n) is 6.12. The molecule has 0 radical (unpaired) electrons. The summed E-state index contributed by atoms with van der Waals surface area (Å²) in [6.07, 6.45) is 1.64. The highest BCUT2D eigenvalue weighted by atomic mass is 32.2. The zero-order valence-corrected chi connectivity index (χ0v) is 26.4. The lowest BCUT2D eigenvalue weighted by molar-refractivity contribution is 0.0396. The van der Waals surface area contributed by atoms with Crippen molar-refractivity contribution in [2.24, 2.45) is 0 Å². The lowest BCUT2D eigenvalue weighted by Gasteiger charge is -2.42. The van der Waals surface area contributed by atoms with Gasteiger partial charge in [0.05, 0.1) is 10.4 Å². The number of hydrogen-bond acceptors (Lipinski definition) is 6. The highest BCUT2D eigenvalue weighted by Gasteiger charge is 2.33. The summed E-state index contributed by atoms with van der Waals surface area (Å²) in [5.41, 5.74) is 8.38. The van der Waals surface area contributed by atoms with Crippen molar-refractivity contribution >= 4 is 38.2 Å². The number of aromatic nitrogens is 1. The Kier molecular flexibility index (Phi) is 8.64. The van der Waals surface area contributed by atoms with Crippen LogP contribution in [0.1, 0.15) is 35.8 Å². The van der Waals surface area contributed by atoms with E-state index in [-0.39, 0.29) is 34.6 Å². The Balaban J connectivity index is 1.18. The summed E-state index contributed by atoms with van der Waals surface area (Å²) in [5, 5.41) is 0.851. The molecule has 47 heavy (non-hydrogen) atoms. The Morgan fingerprint density at radius 3 is 2.40 bits per heavy atom. The third kappa shape index (κ3) is 6.26. The molecule has 2 atom stereocenters. The number of anilines is 2. The largest absolute Gasteiger partial charge is 0.399 e. The maximum atomic E-state index is 14.4. The standard InChI is InChI=1S/C35H32F3N5O3S/c1-21-20-42(22(2)32-29(36)13-14-30(37)33(32)38)17-18-43(21)35(44)24-8-11-26(12-9-24)41-47(45,46)31-15-10-25(39)19-28(31)27-7-3-5-23-6-4-16-40-34(23)27/h3-16,19,21-22,41H,17-18,20,39H2,1-2H3/t21-,22?/m1/s1. The van der Waals surface area contributed by atoms with Crippen molar-refractivity contribution < 1.29 is 26.4 Å². The van der Waals surface area contributed by atoms with Crippen molar-refractivity contribution in [3.05, 3.63) is 120 Å². The molecule has 8 nitrogen and oxygen atoms in total. The van der Waals surface area contributed by atoms with E-state index in [1.165, 1.54) is 36.4 Å². The molecule has 0 bridgehead atoms. The van der Waals surface area contributed by atoms with Crippen LogP contribution in [0.4, 0.5) is 24.5 Å². The number of nitrogens with two attached hydrogens (primary N) is 1. The summed E-state index contributed by atoms with van der Waals surface area (Å²) < 4.78 is 72.6. The molecule has 1 saturated heterocycles. The summed E-state index contributed by atoms with van der Waals surface area (Å²) in [6, 6.07) is 20.5. The first-order valence-corrected chi connectivity index (χ1v) is 16.5. The summed E-state index contributed by atoms with van der Waals surface area (Å²) in [7, 11) is -4.10. The molecule has 5 aromatic rings. The minimum absolute atomic E-state index is 0.0175. The van der Waals surface area contributed by atoms with E-state index in [1.54, 1.807) is 36.2 Å². The molecule has 0 aliphatic carbocycles. The summed E-state index contributed by atoms with van der Waals surface area (Å²) >= 11 is 0. The Labute approximate surface area is 270 Å². The molecular weight excluding hydrogens is 627 g/mol. The van der Waals surface area contributed by atoms with Crippen LogP contribution in [-0.2, 0) is 10.0 Å². The first kappa shape index (κ1) is 32.0. The molecule has 3 N–H and O–H groups in total. The number of carbonyl (C=O) groups is 1. The normalized spacial score (nSPS) is 16.3. The molecule has 0 spiro atoms. The first-order valence-electron chi connectivity index (χ1n) is 15.0. The fraction of sp³-hybridized carbons (Fsp3) is 0.200. The number of halogens is 3. The third-order valence-electron chi connectivity index (χ3n) is 8.56. The van der Waals surface area contributed by atoms with Gasteiger partial charge in [-0.15, -0.1) is 0 Å². The molecule has 242 valence electrons. The molecule has 12 heteroatoms. The quantitative estimate of drug-likeness (QED) is 0.150. The van der Waals surface area contributed by atoms with Gasteiger partial charge in [0.1, 0.15) is 5.82 Å². The Bertz CT molecular complexity index is 2090. The Morgan fingerprint density at radius 1 is 0.936 bits per heavy atom. The number of nitrogens with one attached hydrogen (secondary N) is 1. The topological polar surface area (TPSA) is 109 Å². The number of carbonyl (C=O) groups excluding carboxylic acids is 1. The third-order valence-corrected chi connectivity index (χ3v) is 10.0. The van der Waals surface area contributed by atoms with Crippen molar-refractivity contribution in [2.75, 3.05) is 30.1 Å². The van der Waals surface area contributed by atoms with Gasteiger partial charge >= 0.3 is 0 Å². The van der Waals surface area contributed by atoms with Gasteiger partial charge in [0, 0.05) is 76.9 Å². The molecule has 1 fully saturated rings. The molecule has 0 saturated carbocycles. The van der Waals surface area contributed by atoms with Gasteiger partial charge < -0.3 is 10.6 Å². The number of pyridine rings is 1. The zero-order chi connectivity index (χ0) is 33.5. The van der Waals surface area contributed by atoms with Crippen LogP contribution in [0.3, 0.4) is 0 Å². The smallest absolute Gasteiger partial charge is 0.262 e. The highest BCUT2D eigenvalue weighted by molar-refractivity contribution is 7.92. The number of amides is 1. The van der Waals surface area contributed by atoms with Crippen LogP contribution in [-0.4, -0.2) is 54.8 Å². The Morgan fingerprint density at radius 2 is 1.66 bits per heavy atom. The van der Waals surface area contributed by atoms with Crippen molar-refractivity contribution in [3.8, 4) is 11.1 Å². The number of fused-ring (bicyclic) bond motifs is 1. The lowest BCUT2D eigenvalue weighted by Crippen LogP contribution is -2.54. The van der Waals surface area contributed by atoms with Gasteiger partial charge in [-0.3, -0.25) is 19.4 Å². The number of para-hydroxylation sites is 1. The molecule has 1 aliphatic heterocycles. The van der Waals surface area contributed by atoms with Crippen LogP contribution in [0.2, 0.25) is 0 Å². The van der Waals surface area contributed by atoms with Gasteiger partial charge in [-0.1, -0.05) is 24.3 Å². The molecule has 1 aromatic heterocycles. The summed E-state index contributed by atoms with van der Waals surface area (Å²) in [6.45, 7) is 4.35. The van der Waals surface area contributed by atoms with Gasteiger partial charge in [-0.05, 0) is 74.5 Å². The van der Waals surface area contributed by atoms with E-state index in [2.05, 4.69) is 9.71 Å². The molecule has 2 heterocycles. The Hall–Kier alpha value is -4.94. The average Bonchev–Trinajstić information content (AvgIpc) is 3.06. The van der Waals surface area contributed by atoms with E-state index in [9.17, 15) is 26.4 Å². The van der Waals surface area contributed by atoms with E-state index >= 15 is 0 Å². The molecule has 1 unspecified atom stereocenters. The van der Waals surface area contributed by atoms with Crippen LogP contribution in [0.15, 0.2) is 96.0 Å². The van der Waals surface area contributed by atoms with E-state index in [1.807, 2.05) is 30.0 Å². The van der Waals surface area contributed by atoms with Crippen LogP contribution < -0.4 is 10.5 Å². The van der Waals surface area contributed by atoms with E-state index in [4.69, 9.17) is 5.73 Å². The number of benzene rings is 4. The molecule has 1 aliphatic rings. The van der Waals surface area contributed by atoms with Crippen molar-refractivity contribution in [3.63, 3.8) is 0 Å². The maximum absolute atomic E-state index is 14.4. The van der Waals surface area contributed by atoms with Crippen LogP contribution in [0, 0.1) is 17.5 Å². The van der Waals surface area contributed by atoms with Crippen molar-refractivity contribution in [2.45, 2.75) is 30.8 Å². The predicted molar refractivity (Wildman–Crippen MR) is 176 cm³/mol. The fourth-order valence-corrected chi connectivity index (χ4v) is 7.38. The van der Waals surface area contributed by atoms with Gasteiger partial charge in [0.25, 0.3) is 15.9 Å². The van der Waals surface area contributed by atoms with Crippen molar-refractivity contribution in [1.29, 1.82) is 0 Å². The number of hydrogen-bond donors (Lipinski definition) is 2. The molecule has 1 amide bonds. The van der Waals surface area contributed by atoms with E-state index in [0.29, 0.717) is 41.0 Å². The second-order valence-corrected chi connectivity index (χ2v) is 13.2. The maximum Gasteiger partial charge on any atom is 0.262 e. The van der Waals surface area contributed by atoms with Crippen LogP contribution in [0.25, 0.3) is 22.0 Å². The number of piperazine rings is 1. The van der Waals surface area contributed by atoms with Crippen molar-refractivity contribution in [1.82, 2.24) is 14.8 Å². The number of nitrogens with zero attached hydrogens (tertiary/aromatic N) is 3. The monoisotopic (exact) mass is 659 g/mol. The van der Waals surface area contributed by atoms with Gasteiger partial charge in [0.2, 0.25) is 0 Å². The van der Waals surface area contributed by atoms with Gasteiger partial charge in [0.15, 0.2) is 11.6 Å². The summed E-state index contributed by atoms with van der Waals surface area (Å²) in [5.74, 6) is -3.42. The van der Waals surface area contributed by atoms with Crippen LogP contribution >= 0.6 is 0 Å². The summed E-state index contributed by atoms with van der Waals surface area (Å²) in [4.78, 5) is 21.4. The first-order chi connectivity index (χ1) is 22.4. The molecule has 4 aromatic carbocycles. The minimum atomic E-state index is -4.10. The second-order valence-electron chi connectivity index (χ2n) is 11.6. The van der Waals surface area contributed by atoms with Gasteiger partial charge in [-0.2, -0.15) is 0 Å². The number of nitrogen functional groups attached to an aromatic ring is 1. The van der Waals surface area contributed by atoms with E-state index in [0.717, 1.165) is 17.5 Å². The average molecular weight is 660 g/mol. The van der Waals surface area contributed by atoms with Crippen LogP contribution in [0.5, 0.6) is 0 Å². The van der Waals surface area contributed by atoms with Gasteiger partial charge in [-0.25, -0.2) is 21.6 Å². The molecule has 6 rings (SSSR count). The lowest BCUT2D eigenvalue weighted by atomic mass is 10.0. The SMILES string of the molecule is CC(c1c(F)ccc(F)c1F)N1CCN(C(=O)c2ccc(NS(=O)(=O)c3ccc(N)cc3-c3cccc4cccnc34)cc2)[C@H](C)C1. The van der Waals surface area contributed by atoms with E-state index < -0.39 is 33.5 Å². The number of sulfonamides is 1. The number of rotatable bonds is 7. The predicted octanol–water partition coefficient (Wildman–Crippen LogP) is 6.61. The highest BCUT2D eigenvalue weighted by Crippen LogP contribution is 2.35. The zero-order valence-electron chi connectivity index (χ0n) is 25.6. The minimum Gasteiger partial charge on any atom is -0.399 e. The molecular formula is C35H32F3N5O3S. The second kappa shape index (κ2) is 12.7.